The first-order valence-corrected chi connectivity index (χ1v) is 7.21. The summed E-state index contributed by atoms with van der Waals surface area (Å²) in [5.74, 6) is 0.327. The molecule has 0 saturated heterocycles. The van der Waals surface area contributed by atoms with E-state index in [4.69, 9.17) is 10.5 Å². The number of nitrogens with two attached hydrogens (primary N) is 1. The summed E-state index contributed by atoms with van der Waals surface area (Å²) in [4.78, 5) is 4.60. The lowest BCUT2D eigenvalue weighted by atomic mass is 10.0. The molecule has 4 heteroatoms. The molecule has 0 atom stereocenters. The van der Waals surface area contributed by atoms with E-state index < -0.39 is 0 Å². The van der Waals surface area contributed by atoms with Crippen molar-refractivity contribution >= 4 is 16.6 Å². The molecule has 1 heterocycles. The van der Waals surface area contributed by atoms with E-state index in [0.717, 1.165) is 23.9 Å². The van der Waals surface area contributed by atoms with Crippen LogP contribution in [0.3, 0.4) is 0 Å². The summed E-state index contributed by atoms with van der Waals surface area (Å²) < 4.78 is 19.2. The van der Waals surface area contributed by atoms with Crippen LogP contribution in [0.1, 0.15) is 44.2 Å². The van der Waals surface area contributed by atoms with Crippen molar-refractivity contribution in [2.75, 3.05) is 12.3 Å². The number of halogens is 1. The fourth-order valence-electron chi connectivity index (χ4n) is 2.97. The molecular formula is C16H19FN2O. The van der Waals surface area contributed by atoms with Crippen LogP contribution in [0, 0.1) is 5.82 Å². The van der Waals surface area contributed by atoms with Crippen LogP contribution in [0.5, 0.6) is 5.75 Å². The lowest BCUT2D eigenvalue weighted by Crippen LogP contribution is -2.01. The monoisotopic (exact) mass is 274 g/mol. The van der Waals surface area contributed by atoms with Crippen molar-refractivity contribution in [3.8, 4) is 5.75 Å². The highest BCUT2D eigenvalue weighted by molar-refractivity contribution is 5.91. The number of ether oxygens (including phenoxy) is 1. The molecular weight excluding hydrogens is 255 g/mol. The molecule has 0 aliphatic heterocycles. The smallest absolute Gasteiger partial charge is 0.167 e. The van der Waals surface area contributed by atoms with Gasteiger partial charge in [-0.3, -0.25) is 4.98 Å². The van der Waals surface area contributed by atoms with Crippen LogP contribution in [-0.4, -0.2) is 11.6 Å². The van der Waals surface area contributed by atoms with E-state index in [2.05, 4.69) is 4.98 Å². The zero-order valence-electron chi connectivity index (χ0n) is 11.7. The standard InChI is InChI=1S/C16H19FN2O/c1-2-20-16-7-11-13(18)9-14(10-5-3-4-6-10)19-15(11)8-12(16)17/h7-10H,2-6H2,1H3,(H2,18,19). The summed E-state index contributed by atoms with van der Waals surface area (Å²) in [6, 6.07) is 5.01. The van der Waals surface area contributed by atoms with Crippen LogP contribution < -0.4 is 10.5 Å². The van der Waals surface area contributed by atoms with E-state index in [-0.39, 0.29) is 11.6 Å². The van der Waals surface area contributed by atoms with Crippen LogP contribution >= 0.6 is 0 Å². The second-order valence-electron chi connectivity index (χ2n) is 5.35. The maximum absolute atomic E-state index is 13.9. The van der Waals surface area contributed by atoms with Crippen LogP contribution in [-0.2, 0) is 0 Å². The number of anilines is 1. The minimum absolute atomic E-state index is 0.238. The number of pyridine rings is 1. The number of benzene rings is 1. The van der Waals surface area contributed by atoms with E-state index in [0.29, 0.717) is 23.7 Å². The van der Waals surface area contributed by atoms with Gasteiger partial charge in [-0.2, -0.15) is 0 Å². The summed E-state index contributed by atoms with van der Waals surface area (Å²) >= 11 is 0. The molecule has 1 fully saturated rings. The third-order valence-corrected chi connectivity index (χ3v) is 3.99. The van der Waals surface area contributed by atoms with Crippen molar-refractivity contribution in [2.24, 2.45) is 0 Å². The predicted molar refractivity (Wildman–Crippen MR) is 78.5 cm³/mol. The second kappa shape index (κ2) is 5.27. The van der Waals surface area contributed by atoms with Crippen LogP contribution in [0.4, 0.5) is 10.1 Å². The van der Waals surface area contributed by atoms with Gasteiger partial charge in [-0.15, -0.1) is 0 Å². The van der Waals surface area contributed by atoms with Gasteiger partial charge in [-0.1, -0.05) is 12.8 Å². The maximum Gasteiger partial charge on any atom is 0.167 e. The maximum atomic E-state index is 13.9. The molecule has 1 aliphatic rings. The lowest BCUT2D eigenvalue weighted by Gasteiger charge is -2.13. The first kappa shape index (κ1) is 13.2. The Labute approximate surface area is 118 Å². The number of fused-ring (bicyclic) bond motifs is 1. The van der Waals surface area contributed by atoms with Gasteiger partial charge in [0, 0.05) is 28.8 Å². The molecule has 2 aromatic rings. The number of nitrogens with zero attached hydrogens (tertiary/aromatic N) is 1. The quantitative estimate of drug-likeness (QED) is 0.919. The van der Waals surface area contributed by atoms with Gasteiger partial charge < -0.3 is 10.5 Å². The number of aromatic nitrogens is 1. The largest absolute Gasteiger partial charge is 0.491 e. The minimum Gasteiger partial charge on any atom is -0.491 e. The van der Waals surface area contributed by atoms with Gasteiger partial charge in [-0.25, -0.2) is 4.39 Å². The molecule has 0 radical (unpaired) electrons. The summed E-state index contributed by atoms with van der Waals surface area (Å²) in [7, 11) is 0. The third kappa shape index (κ3) is 2.30. The lowest BCUT2D eigenvalue weighted by molar-refractivity contribution is 0.322. The molecule has 0 unspecified atom stereocenters. The zero-order chi connectivity index (χ0) is 14.1. The van der Waals surface area contributed by atoms with Crippen molar-refractivity contribution < 1.29 is 9.13 Å². The summed E-state index contributed by atoms with van der Waals surface area (Å²) in [6.07, 6.45) is 4.78. The van der Waals surface area contributed by atoms with Crippen molar-refractivity contribution in [3.05, 3.63) is 29.7 Å². The van der Waals surface area contributed by atoms with E-state index in [9.17, 15) is 4.39 Å². The first-order chi connectivity index (χ1) is 9.69. The summed E-state index contributed by atoms with van der Waals surface area (Å²) in [5, 5.41) is 0.761. The Bertz CT molecular complexity index is 636. The van der Waals surface area contributed by atoms with Gasteiger partial charge in [0.05, 0.1) is 12.1 Å². The van der Waals surface area contributed by atoms with E-state index in [1.54, 1.807) is 6.07 Å². The Balaban J connectivity index is 2.09. The van der Waals surface area contributed by atoms with Gasteiger partial charge >= 0.3 is 0 Å². The summed E-state index contributed by atoms with van der Waals surface area (Å²) in [5.41, 5.74) is 8.39. The number of hydrogen-bond acceptors (Lipinski definition) is 3. The molecule has 20 heavy (non-hydrogen) atoms. The molecule has 1 saturated carbocycles. The van der Waals surface area contributed by atoms with Crippen molar-refractivity contribution in [1.82, 2.24) is 4.98 Å². The Morgan fingerprint density at radius 3 is 2.75 bits per heavy atom. The molecule has 1 aromatic carbocycles. The summed E-state index contributed by atoms with van der Waals surface area (Å²) in [6.45, 7) is 2.25. The van der Waals surface area contributed by atoms with Crippen molar-refractivity contribution in [1.29, 1.82) is 0 Å². The topological polar surface area (TPSA) is 48.1 Å². The Kier molecular flexibility index (Phi) is 3.47. The average molecular weight is 274 g/mol. The first-order valence-electron chi connectivity index (χ1n) is 7.21. The van der Waals surface area contributed by atoms with Crippen LogP contribution in [0.2, 0.25) is 0 Å². The van der Waals surface area contributed by atoms with Crippen molar-refractivity contribution in [3.63, 3.8) is 0 Å². The Morgan fingerprint density at radius 1 is 1.30 bits per heavy atom. The SMILES string of the molecule is CCOc1cc2c(N)cc(C3CCCC3)nc2cc1F. The molecule has 3 nitrogen and oxygen atoms in total. The van der Waals surface area contributed by atoms with Gasteiger partial charge in [0.15, 0.2) is 11.6 Å². The molecule has 2 N–H and O–H groups in total. The van der Waals surface area contributed by atoms with Crippen LogP contribution in [0.25, 0.3) is 10.9 Å². The highest BCUT2D eigenvalue weighted by Gasteiger charge is 2.20. The molecule has 0 spiro atoms. The Hall–Kier alpha value is -1.84. The fourth-order valence-corrected chi connectivity index (χ4v) is 2.97. The predicted octanol–water partition coefficient (Wildman–Crippen LogP) is 4.01. The molecule has 3 rings (SSSR count). The number of nitrogen functional groups attached to an aromatic ring is 1. The highest BCUT2D eigenvalue weighted by atomic mass is 19.1. The molecule has 1 aliphatic carbocycles. The van der Waals surface area contributed by atoms with Gasteiger partial charge in [0.2, 0.25) is 0 Å². The van der Waals surface area contributed by atoms with Crippen LogP contribution in [0.15, 0.2) is 18.2 Å². The zero-order valence-corrected chi connectivity index (χ0v) is 11.7. The number of hydrogen-bond donors (Lipinski definition) is 1. The molecule has 1 aromatic heterocycles. The molecule has 0 amide bonds. The average Bonchev–Trinajstić information content (AvgIpc) is 2.94. The second-order valence-corrected chi connectivity index (χ2v) is 5.35. The molecule has 106 valence electrons. The Morgan fingerprint density at radius 2 is 2.05 bits per heavy atom. The van der Waals surface area contributed by atoms with E-state index >= 15 is 0 Å². The van der Waals surface area contributed by atoms with E-state index in [1.165, 1.54) is 18.9 Å². The third-order valence-electron chi connectivity index (χ3n) is 3.99. The minimum atomic E-state index is -0.380. The normalized spacial score (nSPS) is 15.9. The molecule has 0 bridgehead atoms. The van der Waals surface area contributed by atoms with E-state index in [1.807, 2.05) is 13.0 Å². The number of rotatable bonds is 3. The highest BCUT2D eigenvalue weighted by Crippen LogP contribution is 2.36. The van der Waals surface area contributed by atoms with Gasteiger partial charge in [0.25, 0.3) is 0 Å². The fraction of sp³-hybridized carbons (Fsp3) is 0.438. The van der Waals surface area contributed by atoms with Gasteiger partial charge in [-0.05, 0) is 31.9 Å². The van der Waals surface area contributed by atoms with Gasteiger partial charge in [0.1, 0.15) is 0 Å². The van der Waals surface area contributed by atoms with Crippen molar-refractivity contribution in [2.45, 2.75) is 38.5 Å².